The number of nitrogens with zero attached hydrogens (tertiary/aromatic N) is 2. The molecule has 0 rings (SSSR count). The molecule has 44 heavy (non-hydrogen) atoms. The van der Waals surface area contributed by atoms with E-state index < -0.39 is 0 Å². The highest BCUT2D eigenvalue weighted by Crippen LogP contribution is 2.13. The Labute approximate surface area is 273 Å². The molecular formula is C37H74N4O3. The molecule has 7 heteroatoms. The van der Waals surface area contributed by atoms with Gasteiger partial charge in [0, 0.05) is 44.6 Å². The van der Waals surface area contributed by atoms with E-state index in [0.29, 0.717) is 38.9 Å². The third-order valence-electron chi connectivity index (χ3n) is 8.83. The molecule has 0 aliphatic carbocycles. The van der Waals surface area contributed by atoms with Crippen molar-refractivity contribution in [3.05, 3.63) is 4.91 Å². The molecule has 2 unspecified atom stereocenters. The Morgan fingerprint density at radius 2 is 0.864 bits per heavy atom. The molecule has 0 saturated heterocycles. The third-order valence-corrected chi connectivity index (χ3v) is 8.83. The molecule has 0 saturated carbocycles. The molecule has 7 nitrogen and oxygen atoms in total. The molecule has 0 bridgehead atoms. The molecule has 0 aliphatic rings. The van der Waals surface area contributed by atoms with Crippen LogP contribution in [0, 0.1) is 4.91 Å². The Morgan fingerprint density at radius 3 is 1.20 bits per heavy atom. The van der Waals surface area contributed by atoms with Crippen LogP contribution in [0.15, 0.2) is 5.18 Å². The Kier molecular flexibility index (Phi) is 31.8. The topological polar surface area (TPSA) is 90.9 Å². The minimum absolute atomic E-state index is 0.0673. The fraction of sp³-hybridized carbons (Fsp3) is 0.946. The summed E-state index contributed by atoms with van der Waals surface area (Å²) in [7, 11) is 0. The molecule has 2 N–H and O–H groups in total. The van der Waals surface area contributed by atoms with Crippen LogP contribution < -0.4 is 10.6 Å². The van der Waals surface area contributed by atoms with Crippen LogP contribution in [0.3, 0.4) is 0 Å². The van der Waals surface area contributed by atoms with Gasteiger partial charge in [0.25, 0.3) is 0 Å². The quantitative estimate of drug-likeness (QED) is 0.0552. The lowest BCUT2D eigenvalue weighted by molar-refractivity contribution is -0.122. The number of amides is 2. The molecule has 0 aromatic rings. The largest absolute Gasteiger partial charge is 0.354 e. The van der Waals surface area contributed by atoms with E-state index in [2.05, 4.69) is 48.4 Å². The smallest absolute Gasteiger partial charge is 0.221 e. The first-order chi connectivity index (χ1) is 21.4. The van der Waals surface area contributed by atoms with Crippen LogP contribution in [0.4, 0.5) is 0 Å². The summed E-state index contributed by atoms with van der Waals surface area (Å²) in [5.41, 5.74) is 0. The average molecular weight is 623 g/mol. The van der Waals surface area contributed by atoms with E-state index >= 15 is 0 Å². The van der Waals surface area contributed by atoms with Gasteiger partial charge in [-0.05, 0) is 33.1 Å². The summed E-state index contributed by atoms with van der Waals surface area (Å²) in [6.45, 7) is 10.8. The fourth-order valence-electron chi connectivity index (χ4n) is 5.93. The SMILES string of the molecule is CCCCCCCCCCCCC(C)NC(=O)CCN(CCCN=O)CCC(=O)NC(C)CCCCCCCCCCCC. The maximum atomic E-state index is 12.6. The molecular weight excluding hydrogens is 548 g/mol. The van der Waals surface area contributed by atoms with Crippen molar-refractivity contribution in [1.29, 1.82) is 0 Å². The normalized spacial score (nSPS) is 12.8. The number of nitroso groups, excluding NO2 is 1. The second kappa shape index (κ2) is 32.9. The van der Waals surface area contributed by atoms with Crippen molar-refractivity contribution in [1.82, 2.24) is 15.5 Å². The molecule has 0 aromatic heterocycles. The van der Waals surface area contributed by atoms with Crippen LogP contribution in [-0.4, -0.2) is 55.0 Å². The average Bonchev–Trinajstić information content (AvgIpc) is 3.00. The zero-order valence-corrected chi connectivity index (χ0v) is 29.8. The lowest BCUT2D eigenvalue weighted by Crippen LogP contribution is -2.38. The van der Waals surface area contributed by atoms with Crippen molar-refractivity contribution in [2.24, 2.45) is 5.18 Å². The van der Waals surface area contributed by atoms with E-state index in [1.807, 2.05) is 0 Å². The van der Waals surface area contributed by atoms with Crippen molar-refractivity contribution in [3.8, 4) is 0 Å². The highest BCUT2D eigenvalue weighted by Gasteiger charge is 2.14. The van der Waals surface area contributed by atoms with Crippen LogP contribution in [0.2, 0.25) is 0 Å². The van der Waals surface area contributed by atoms with Gasteiger partial charge in [-0.25, -0.2) is 0 Å². The van der Waals surface area contributed by atoms with E-state index in [4.69, 9.17) is 0 Å². The first kappa shape index (κ1) is 42.5. The van der Waals surface area contributed by atoms with Gasteiger partial charge in [-0.15, -0.1) is 0 Å². The number of rotatable bonds is 34. The van der Waals surface area contributed by atoms with E-state index in [-0.39, 0.29) is 30.4 Å². The van der Waals surface area contributed by atoms with E-state index in [1.54, 1.807) is 0 Å². The molecule has 2 atom stereocenters. The Bertz CT molecular complexity index is 613. The first-order valence-corrected chi connectivity index (χ1v) is 19.0. The van der Waals surface area contributed by atoms with Crippen molar-refractivity contribution < 1.29 is 9.59 Å². The third kappa shape index (κ3) is 30.5. The highest BCUT2D eigenvalue weighted by molar-refractivity contribution is 5.77. The molecule has 0 fully saturated rings. The predicted octanol–water partition coefficient (Wildman–Crippen LogP) is 9.86. The number of nitrogens with one attached hydrogen (secondary N) is 2. The standard InChI is InChI=1S/C37H74N4O3/c1-5-7-9-11-13-15-17-19-21-23-26-34(3)39-36(42)28-32-41(31-25-30-38-44)33-29-37(43)40-35(4)27-24-22-20-18-16-14-12-10-8-6-2/h34-35H,5-33H2,1-4H3,(H,39,42)(H,40,43). The Hall–Kier alpha value is -1.50. The monoisotopic (exact) mass is 623 g/mol. The fourth-order valence-corrected chi connectivity index (χ4v) is 5.93. The van der Waals surface area contributed by atoms with Crippen molar-refractivity contribution >= 4 is 11.8 Å². The molecule has 0 aliphatic heterocycles. The van der Waals surface area contributed by atoms with Crippen LogP contribution >= 0.6 is 0 Å². The lowest BCUT2D eigenvalue weighted by atomic mass is 10.0. The number of hydrogen-bond acceptors (Lipinski definition) is 5. The summed E-state index contributed by atoms with van der Waals surface area (Å²) in [6.07, 6.45) is 29.9. The molecule has 0 heterocycles. The highest BCUT2D eigenvalue weighted by atomic mass is 16.3. The van der Waals surface area contributed by atoms with Crippen molar-refractivity contribution in [3.63, 3.8) is 0 Å². The molecule has 0 spiro atoms. The summed E-state index contributed by atoms with van der Waals surface area (Å²) in [5, 5.41) is 9.29. The number of carbonyl (C=O) groups is 2. The summed E-state index contributed by atoms with van der Waals surface area (Å²) >= 11 is 0. The second-order valence-electron chi connectivity index (χ2n) is 13.4. The number of carbonyl (C=O) groups excluding carboxylic acids is 2. The van der Waals surface area contributed by atoms with Gasteiger partial charge < -0.3 is 15.5 Å². The Morgan fingerprint density at radius 1 is 0.523 bits per heavy atom. The van der Waals surface area contributed by atoms with Gasteiger partial charge in [0.2, 0.25) is 11.8 Å². The molecule has 2 amide bonds. The van der Waals surface area contributed by atoms with Crippen LogP contribution in [-0.2, 0) is 9.59 Å². The zero-order chi connectivity index (χ0) is 32.5. The van der Waals surface area contributed by atoms with Gasteiger partial charge in [-0.3, -0.25) is 9.59 Å². The van der Waals surface area contributed by atoms with Gasteiger partial charge in [0.15, 0.2) is 0 Å². The molecule has 0 aromatic carbocycles. The van der Waals surface area contributed by atoms with E-state index in [9.17, 15) is 14.5 Å². The Balaban J connectivity index is 4.07. The van der Waals surface area contributed by atoms with Gasteiger partial charge in [0.1, 0.15) is 0 Å². The molecule has 0 radical (unpaired) electrons. The van der Waals surface area contributed by atoms with E-state index in [0.717, 1.165) is 25.7 Å². The second-order valence-corrected chi connectivity index (χ2v) is 13.4. The predicted molar refractivity (Wildman–Crippen MR) is 189 cm³/mol. The summed E-state index contributed by atoms with van der Waals surface area (Å²) in [5.74, 6) is 0.135. The maximum absolute atomic E-state index is 12.6. The first-order valence-electron chi connectivity index (χ1n) is 19.0. The maximum Gasteiger partial charge on any atom is 0.221 e. The van der Waals surface area contributed by atoms with Gasteiger partial charge in [0.05, 0.1) is 6.54 Å². The number of unbranched alkanes of at least 4 members (excludes halogenated alkanes) is 18. The van der Waals surface area contributed by atoms with Crippen molar-refractivity contribution in [2.75, 3.05) is 26.2 Å². The van der Waals surface area contributed by atoms with Gasteiger partial charge in [-0.2, -0.15) is 4.91 Å². The zero-order valence-electron chi connectivity index (χ0n) is 29.8. The minimum Gasteiger partial charge on any atom is -0.354 e. The summed E-state index contributed by atoms with van der Waals surface area (Å²) in [4.78, 5) is 37.9. The van der Waals surface area contributed by atoms with Crippen LogP contribution in [0.1, 0.15) is 188 Å². The van der Waals surface area contributed by atoms with Gasteiger partial charge >= 0.3 is 0 Å². The lowest BCUT2D eigenvalue weighted by Gasteiger charge is -2.23. The number of hydrogen-bond donors (Lipinski definition) is 2. The molecule has 260 valence electrons. The van der Waals surface area contributed by atoms with Crippen LogP contribution in [0.5, 0.6) is 0 Å². The van der Waals surface area contributed by atoms with Crippen molar-refractivity contribution in [2.45, 2.75) is 200 Å². The summed E-state index contributed by atoms with van der Waals surface area (Å²) in [6, 6.07) is 0.374. The van der Waals surface area contributed by atoms with E-state index in [1.165, 1.54) is 116 Å². The summed E-state index contributed by atoms with van der Waals surface area (Å²) < 4.78 is 0. The minimum atomic E-state index is 0.0673. The van der Waals surface area contributed by atoms with Crippen LogP contribution in [0.25, 0.3) is 0 Å². The van der Waals surface area contributed by atoms with Gasteiger partial charge in [-0.1, -0.05) is 147 Å².